The van der Waals surface area contributed by atoms with Crippen LogP contribution in [0.1, 0.15) is 24.1 Å². The molecule has 0 bridgehead atoms. The number of carbonyl (C=O) groups is 1. The van der Waals surface area contributed by atoms with Crippen LogP contribution in [-0.2, 0) is 9.53 Å². The summed E-state index contributed by atoms with van der Waals surface area (Å²) in [6.45, 7) is 2.49. The molecule has 0 radical (unpaired) electrons. The summed E-state index contributed by atoms with van der Waals surface area (Å²) in [5.74, 6) is 0.0417. The number of nitrogens with zero attached hydrogens (tertiary/aromatic N) is 1. The van der Waals surface area contributed by atoms with Gasteiger partial charge in [0, 0.05) is 5.57 Å². The maximum absolute atomic E-state index is 13.0. The molecule has 2 aromatic carbocycles. The van der Waals surface area contributed by atoms with Crippen molar-refractivity contribution in [2.45, 2.75) is 18.7 Å². The van der Waals surface area contributed by atoms with E-state index in [2.05, 4.69) is 0 Å². The van der Waals surface area contributed by atoms with Crippen LogP contribution in [0, 0.1) is 0 Å². The van der Waals surface area contributed by atoms with E-state index in [0.717, 1.165) is 16.7 Å². The van der Waals surface area contributed by atoms with Gasteiger partial charge in [0.1, 0.15) is 0 Å². The zero-order valence-corrected chi connectivity index (χ0v) is 12.4. The Bertz CT molecular complexity index is 739. The Morgan fingerprint density at radius 3 is 2.36 bits per heavy atom. The molecule has 4 rings (SSSR count). The van der Waals surface area contributed by atoms with Crippen LogP contribution in [-0.4, -0.2) is 23.1 Å². The second-order valence-corrected chi connectivity index (χ2v) is 5.89. The summed E-state index contributed by atoms with van der Waals surface area (Å²) < 4.78 is 5.98. The van der Waals surface area contributed by atoms with Crippen molar-refractivity contribution in [3.8, 4) is 0 Å². The Balaban J connectivity index is 1.73. The summed E-state index contributed by atoms with van der Waals surface area (Å²) >= 11 is 0. The molecule has 3 heteroatoms. The molecule has 2 aliphatic rings. The molecule has 2 aliphatic heterocycles. The summed E-state index contributed by atoms with van der Waals surface area (Å²) in [5.41, 5.74) is 2.13. The molecule has 1 amide bonds. The van der Waals surface area contributed by atoms with E-state index in [1.54, 1.807) is 0 Å². The number of carbonyl (C=O) groups excluding carboxylic acids is 1. The zero-order chi connectivity index (χ0) is 15.2. The third-order valence-corrected chi connectivity index (χ3v) is 4.45. The van der Waals surface area contributed by atoms with Crippen molar-refractivity contribution < 1.29 is 9.53 Å². The molecule has 0 unspecified atom stereocenters. The average molecular weight is 291 g/mol. The topological polar surface area (TPSA) is 29.5 Å². The quantitative estimate of drug-likeness (QED) is 0.848. The van der Waals surface area contributed by atoms with Crippen molar-refractivity contribution >= 4 is 11.5 Å². The number of rotatable bonds is 2. The third-order valence-electron chi connectivity index (χ3n) is 4.45. The first kappa shape index (κ1) is 13.3. The Kier molecular flexibility index (Phi) is 2.91. The number of hydrogen-bond acceptors (Lipinski definition) is 2. The van der Waals surface area contributed by atoms with Gasteiger partial charge in [0.05, 0.1) is 12.6 Å². The van der Waals surface area contributed by atoms with Gasteiger partial charge in [0.15, 0.2) is 5.72 Å². The van der Waals surface area contributed by atoms with E-state index in [0.29, 0.717) is 6.61 Å². The minimum atomic E-state index is -0.650. The van der Waals surface area contributed by atoms with Gasteiger partial charge < -0.3 is 4.74 Å². The van der Waals surface area contributed by atoms with Gasteiger partial charge >= 0.3 is 0 Å². The zero-order valence-electron chi connectivity index (χ0n) is 12.4. The summed E-state index contributed by atoms with van der Waals surface area (Å²) in [6, 6.07) is 19.8. The highest BCUT2D eigenvalue weighted by Crippen LogP contribution is 2.45. The summed E-state index contributed by atoms with van der Waals surface area (Å²) in [5, 5.41) is 0. The molecule has 3 nitrogen and oxygen atoms in total. The van der Waals surface area contributed by atoms with Crippen LogP contribution < -0.4 is 0 Å². The monoisotopic (exact) mass is 291 g/mol. The standard InChI is InChI=1S/C19H17NO2/c1-19-12-16(14-8-4-2-5-9-14)18(21)20(19)17(13-22-19)15-10-6-3-7-11-15/h2-12,17H,13H2,1H3/t17-,19-/m1/s1. The first-order chi connectivity index (χ1) is 10.7. The van der Waals surface area contributed by atoms with Crippen molar-refractivity contribution in [2.75, 3.05) is 6.61 Å². The molecule has 0 N–H and O–H groups in total. The maximum atomic E-state index is 13.0. The molecule has 0 saturated carbocycles. The lowest BCUT2D eigenvalue weighted by atomic mass is 10.0. The number of ether oxygens (including phenoxy) is 1. The van der Waals surface area contributed by atoms with Gasteiger partial charge in [0.25, 0.3) is 5.91 Å². The van der Waals surface area contributed by atoms with Crippen molar-refractivity contribution in [1.29, 1.82) is 0 Å². The first-order valence-electron chi connectivity index (χ1n) is 7.50. The second kappa shape index (κ2) is 4.82. The van der Waals surface area contributed by atoms with Gasteiger partial charge in [-0.25, -0.2) is 0 Å². The molecule has 2 aromatic rings. The number of fused-ring (bicyclic) bond motifs is 1. The van der Waals surface area contributed by atoms with Gasteiger partial charge in [0.2, 0.25) is 0 Å². The fraction of sp³-hybridized carbons (Fsp3) is 0.211. The third kappa shape index (κ3) is 1.90. The van der Waals surface area contributed by atoms with Gasteiger partial charge in [-0.05, 0) is 24.1 Å². The summed E-state index contributed by atoms with van der Waals surface area (Å²) in [7, 11) is 0. The highest BCUT2D eigenvalue weighted by atomic mass is 16.5. The smallest absolute Gasteiger partial charge is 0.257 e. The van der Waals surface area contributed by atoms with E-state index in [1.165, 1.54) is 0 Å². The Morgan fingerprint density at radius 2 is 1.68 bits per heavy atom. The number of amides is 1. The number of benzene rings is 2. The van der Waals surface area contributed by atoms with Crippen LogP contribution in [0.2, 0.25) is 0 Å². The van der Waals surface area contributed by atoms with Crippen LogP contribution >= 0.6 is 0 Å². The van der Waals surface area contributed by atoms with Gasteiger partial charge in [-0.2, -0.15) is 0 Å². The minimum Gasteiger partial charge on any atom is -0.350 e. The highest BCUT2D eigenvalue weighted by Gasteiger charge is 2.51. The van der Waals surface area contributed by atoms with Gasteiger partial charge in [-0.3, -0.25) is 9.69 Å². The fourth-order valence-corrected chi connectivity index (χ4v) is 3.36. The van der Waals surface area contributed by atoms with Crippen LogP contribution in [0.3, 0.4) is 0 Å². The molecular formula is C19H17NO2. The number of hydrogen-bond donors (Lipinski definition) is 0. The largest absolute Gasteiger partial charge is 0.350 e. The molecule has 2 atom stereocenters. The molecule has 110 valence electrons. The Hall–Kier alpha value is -2.39. The highest BCUT2D eigenvalue weighted by molar-refractivity contribution is 6.22. The van der Waals surface area contributed by atoms with Crippen LogP contribution in [0.5, 0.6) is 0 Å². The molecule has 2 heterocycles. The summed E-state index contributed by atoms with van der Waals surface area (Å²) in [4.78, 5) is 14.8. The van der Waals surface area contributed by atoms with Crippen molar-refractivity contribution in [1.82, 2.24) is 4.90 Å². The molecule has 22 heavy (non-hydrogen) atoms. The molecular weight excluding hydrogens is 274 g/mol. The molecule has 0 aliphatic carbocycles. The van der Waals surface area contributed by atoms with Gasteiger partial charge in [-0.1, -0.05) is 60.7 Å². The average Bonchev–Trinajstić information content (AvgIpc) is 3.03. The molecule has 0 aromatic heterocycles. The normalized spacial score (nSPS) is 27.0. The van der Waals surface area contributed by atoms with Gasteiger partial charge in [-0.15, -0.1) is 0 Å². The van der Waals surface area contributed by atoms with Crippen LogP contribution in [0.15, 0.2) is 66.7 Å². The molecule has 1 fully saturated rings. The van der Waals surface area contributed by atoms with Crippen molar-refractivity contribution in [2.24, 2.45) is 0 Å². The second-order valence-electron chi connectivity index (χ2n) is 5.89. The van der Waals surface area contributed by atoms with E-state index in [9.17, 15) is 4.79 Å². The van der Waals surface area contributed by atoms with E-state index < -0.39 is 5.72 Å². The molecule has 1 saturated heterocycles. The fourth-order valence-electron chi connectivity index (χ4n) is 3.36. The lowest BCUT2D eigenvalue weighted by Crippen LogP contribution is -2.40. The predicted octanol–water partition coefficient (Wildman–Crippen LogP) is 3.40. The SMILES string of the molecule is C[C@@]12C=C(c3ccccc3)C(=O)N1[C@@H](c1ccccc1)CO2. The van der Waals surface area contributed by atoms with E-state index >= 15 is 0 Å². The van der Waals surface area contributed by atoms with E-state index in [-0.39, 0.29) is 11.9 Å². The maximum Gasteiger partial charge on any atom is 0.257 e. The van der Waals surface area contributed by atoms with Crippen LogP contribution in [0.25, 0.3) is 5.57 Å². The Morgan fingerprint density at radius 1 is 1.05 bits per heavy atom. The van der Waals surface area contributed by atoms with Crippen molar-refractivity contribution in [3.63, 3.8) is 0 Å². The molecule has 0 spiro atoms. The van der Waals surface area contributed by atoms with Crippen LogP contribution in [0.4, 0.5) is 0 Å². The predicted molar refractivity (Wildman–Crippen MR) is 84.8 cm³/mol. The van der Waals surface area contributed by atoms with E-state index in [1.807, 2.05) is 78.6 Å². The van der Waals surface area contributed by atoms with Crippen molar-refractivity contribution in [3.05, 3.63) is 77.9 Å². The lowest BCUT2D eigenvalue weighted by Gasteiger charge is -2.29. The first-order valence-corrected chi connectivity index (χ1v) is 7.50. The van der Waals surface area contributed by atoms with E-state index in [4.69, 9.17) is 4.74 Å². The minimum absolute atomic E-state index is 0.0313. The Labute approximate surface area is 129 Å². The lowest BCUT2D eigenvalue weighted by molar-refractivity contribution is -0.133. The summed E-state index contributed by atoms with van der Waals surface area (Å²) in [6.07, 6.45) is 1.95.